The van der Waals surface area contributed by atoms with Gasteiger partial charge in [-0.05, 0) is 102 Å². The van der Waals surface area contributed by atoms with Gasteiger partial charge in [-0.25, -0.2) is 0 Å². The van der Waals surface area contributed by atoms with Gasteiger partial charge in [0.2, 0.25) is 0 Å². The van der Waals surface area contributed by atoms with Crippen molar-refractivity contribution in [2.24, 2.45) is 0 Å². The summed E-state index contributed by atoms with van der Waals surface area (Å²) >= 11 is 3.44. The number of nitrogens with one attached hydrogen (secondary N) is 2. The number of nitrogens with zero attached hydrogens (tertiary/aromatic N) is 1. The van der Waals surface area contributed by atoms with Gasteiger partial charge in [-0.2, -0.15) is 5.26 Å². The first-order valence-corrected chi connectivity index (χ1v) is 11.8. The van der Waals surface area contributed by atoms with Gasteiger partial charge in [-0.3, -0.25) is 9.59 Å². The molecule has 0 heterocycles. The smallest absolute Gasteiger partial charge is 0.266 e. The molecule has 7 heteroatoms. The van der Waals surface area contributed by atoms with Gasteiger partial charge >= 0.3 is 0 Å². The van der Waals surface area contributed by atoms with E-state index in [9.17, 15) is 14.9 Å². The Hall–Kier alpha value is -3.89. The van der Waals surface area contributed by atoms with E-state index in [1.807, 2.05) is 64.1 Å². The first kappa shape index (κ1) is 25.7. The second kappa shape index (κ2) is 11.5. The summed E-state index contributed by atoms with van der Waals surface area (Å²) in [5.74, 6) is -0.290. The highest BCUT2D eigenvalue weighted by molar-refractivity contribution is 9.10. The minimum absolute atomic E-state index is 0.0284. The van der Waals surface area contributed by atoms with Gasteiger partial charge in [0.05, 0.1) is 4.47 Å². The molecule has 2 N–H and O–H groups in total. The van der Waals surface area contributed by atoms with Gasteiger partial charge in [0.15, 0.2) is 6.61 Å². The number of carbonyl (C=O) groups excluding carboxylic acids is 2. The molecular weight excluding hydrogens is 506 g/mol. The van der Waals surface area contributed by atoms with E-state index < -0.39 is 5.91 Å². The number of nitriles is 1. The van der Waals surface area contributed by atoms with E-state index >= 15 is 0 Å². The van der Waals surface area contributed by atoms with Crippen LogP contribution in [-0.4, -0.2) is 18.4 Å². The number of hydrogen-bond donors (Lipinski definition) is 2. The Morgan fingerprint density at radius 2 is 1.74 bits per heavy atom. The average molecular weight is 532 g/mol. The molecule has 0 radical (unpaired) electrons. The van der Waals surface area contributed by atoms with E-state index in [2.05, 4.69) is 26.6 Å². The SMILES string of the molecule is Cc1ccc(C)c(NC(=O)COc2ccc(/C=C(/C#N)C(=O)Nc3cccc(C)c3C)cc2Br)c1. The van der Waals surface area contributed by atoms with Crippen molar-refractivity contribution in [3.8, 4) is 11.8 Å². The van der Waals surface area contributed by atoms with Crippen LogP contribution in [0.5, 0.6) is 5.75 Å². The van der Waals surface area contributed by atoms with Gasteiger partial charge in [-0.15, -0.1) is 0 Å². The largest absolute Gasteiger partial charge is 0.483 e. The number of hydrogen-bond acceptors (Lipinski definition) is 4. The summed E-state index contributed by atoms with van der Waals surface area (Å²) < 4.78 is 6.25. The summed E-state index contributed by atoms with van der Waals surface area (Å²) in [5, 5.41) is 15.2. The van der Waals surface area contributed by atoms with Crippen LogP contribution < -0.4 is 15.4 Å². The molecule has 0 aromatic heterocycles. The highest BCUT2D eigenvalue weighted by Crippen LogP contribution is 2.27. The lowest BCUT2D eigenvalue weighted by molar-refractivity contribution is -0.118. The Labute approximate surface area is 213 Å². The second-order valence-electron chi connectivity index (χ2n) is 8.22. The molecule has 0 aliphatic rings. The van der Waals surface area contributed by atoms with Crippen molar-refractivity contribution in [2.45, 2.75) is 27.7 Å². The maximum Gasteiger partial charge on any atom is 0.266 e. The molecule has 3 rings (SSSR count). The zero-order chi connectivity index (χ0) is 25.5. The van der Waals surface area contributed by atoms with E-state index in [0.29, 0.717) is 21.5 Å². The number of halogens is 1. The lowest BCUT2D eigenvalue weighted by Crippen LogP contribution is -2.20. The predicted molar refractivity (Wildman–Crippen MR) is 142 cm³/mol. The van der Waals surface area contributed by atoms with Crippen LogP contribution in [0.1, 0.15) is 27.8 Å². The molecule has 0 aliphatic carbocycles. The molecule has 0 saturated heterocycles. The third-order valence-corrected chi connectivity index (χ3v) is 6.13. The molecule has 35 heavy (non-hydrogen) atoms. The summed E-state index contributed by atoms with van der Waals surface area (Å²) in [4.78, 5) is 25.0. The van der Waals surface area contributed by atoms with Crippen molar-refractivity contribution >= 4 is 45.2 Å². The Balaban J connectivity index is 1.66. The molecule has 3 aromatic rings. The fraction of sp³-hybridized carbons (Fsp3) is 0.179. The highest BCUT2D eigenvalue weighted by Gasteiger charge is 2.13. The zero-order valence-corrected chi connectivity index (χ0v) is 21.6. The van der Waals surface area contributed by atoms with Crippen molar-refractivity contribution in [3.63, 3.8) is 0 Å². The molecule has 0 unspecified atom stereocenters. The van der Waals surface area contributed by atoms with E-state index in [-0.39, 0.29) is 18.1 Å². The van der Waals surface area contributed by atoms with Crippen molar-refractivity contribution < 1.29 is 14.3 Å². The molecule has 6 nitrogen and oxygen atoms in total. The molecular formula is C28H26BrN3O3. The molecule has 0 spiro atoms. The van der Waals surface area contributed by atoms with Gasteiger partial charge in [0.25, 0.3) is 11.8 Å². The van der Waals surface area contributed by atoms with Crippen LogP contribution in [0.2, 0.25) is 0 Å². The van der Waals surface area contributed by atoms with Gasteiger partial charge in [-0.1, -0.05) is 30.3 Å². The predicted octanol–water partition coefficient (Wildman–Crippen LogP) is 6.25. The molecule has 2 amide bonds. The lowest BCUT2D eigenvalue weighted by atomic mass is 10.1. The van der Waals surface area contributed by atoms with Crippen LogP contribution in [-0.2, 0) is 9.59 Å². The quantitative estimate of drug-likeness (QED) is 0.278. The van der Waals surface area contributed by atoms with Crippen molar-refractivity contribution in [3.05, 3.63) is 92.5 Å². The number of anilines is 2. The summed E-state index contributed by atoms with van der Waals surface area (Å²) in [6.07, 6.45) is 1.50. The van der Waals surface area contributed by atoms with E-state index in [1.54, 1.807) is 24.3 Å². The Bertz CT molecular complexity index is 1360. The van der Waals surface area contributed by atoms with Crippen LogP contribution in [0.3, 0.4) is 0 Å². The molecule has 0 saturated carbocycles. The maximum atomic E-state index is 12.7. The van der Waals surface area contributed by atoms with Gasteiger partial charge in [0.1, 0.15) is 17.4 Å². The number of ether oxygens (including phenoxy) is 1. The standard InChI is InChI=1S/C28H26BrN3O3/c1-17-8-9-19(3)25(12-17)31-27(33)16-35-26-11-10-21(14-23(26)29)13-22(15-30)28(34)32-24-7-5-6-18(2)20(24)4/h5-14H,16H2,1-4H3,(H,31,33)(H,32,34)/b22-13-. The number of amides is 2. The molecule has 0 fully saturated rings. The monoisotopic (exact) mass is 531 g/mol. The Morgan fingerprint density at radius 3 is 2.46 bits per heavy atom. The van der Waals surface area contributed by atoms with E-state index in [4.69, 9.17) is 4.74 Å². The van der Waals surface area contributed by atoms with Crippen LogP contribution >= 0.6 is 15.9 Å². The summed E-state index contributed by atoms with van der Waals surface area (Å²) in [6, 6.07) is 18.5. The zero-order valence-electron chi connectivity index (χ0n) is 20.0. The minimum Gasteiger partial charge on any atom is -0.483 e. The van der Waals surface area contributed by atoms with Crippen LogP contribution in [0.25, 0.3) is 6.08 Å². The van der Waals surface area contributed by atoms with Crippen LogP contribution in [0, 0.1) is 39.0 Å². The van der Waals surface area contributed by atoms with Gasteiger partial charge < -0.3 is 15.4 Å². The molecule has 0 bridgehead atoms. The third kappa shape index (κ3) is 6.81. The summed E-state index contributed by atoms with van der Waals surface area (Å²) in [6.45, 7) is 7.60. The molecule has 0 aliphatic heterocycles. The fourth-order valence-electron chi connectivity index (χ4n) is 3.32. The van der Waals surface area contributed by atoms with Crippen molar-refractivity contribution in [2.75, 3.05) is 17.2 Å². The van der Waals surface area contributed by atoms with Gasteiger partial charge in [0, 0.05) is 11.4 Å². The second-order valence-corrected chi connectivity index (χ2v) is 9.07. The minimum atomic E-state index is -0.485. The fourth-order valence-corrected chi connectivity index (χ4v) is 3.83. The first-order valence-electron chi connectivity index (χ1n) is 11.0. The Kier molecular flexibility index (Phi) is 8.45. The number of rotatable bonds is 7. The average Bonchev–Trinajstić information content (AvgIpc) is 2.82. The summed E-state index contributed by atoms with van der Waals surface area (Å²) in [7, 11) is 0. The lowest BCUT2D eigenvalue weighted by Gasteiger charge is -2.12. The maximum absolute atomic E-state index is 12.7. The number of benzene rings is 3. The summed E-state index contributed by atoms with van der Waals surface area (Å²) in [5.41, 5.74) is 6.04. The number of carbonyl (C=O) groups is 2. The van der Waals surface area contributed by atoms with E-state index in [0.717, 1.165) is 27.9 Å². The number of aryl methyl sites for hydroxylation is 3. The Morgan fingerprint density at radius 1 is 0.971 bits per heavy atom. The normalized spacial score (nSPS) is 10.9. The van der Waals surface area contributed by atoms with Crippen LogP contribution in [0.15, 0.2) is 64.6 Å². The van der Waals surface area contributed by atoms with E-state index in [1.165, 1.54) is 6.08 Å². The molecule has 0 atom stereocenters. The van der Waals surface area contributed by atoms with Crippen LogP contribution in [0.4, 0.5) is 11.4 Å². The highest BCUT2D eigenvalue weighted by atomic mass is 79.9. The topological polar surface area (TPSA) is 91.2 Å². The van der Waals surface area contributed by atoms with Crippen molar-refractivity contribution in [1.82, 2.24) is 0 Å². The molecule has 178 valence electrons. The third-order valence-electron chi connectivity index (χ3n) is 5.51. The first-order chi connectivity index (χ1) is 16.7. The molecule has 3 aromatic carbocycles. The van der Waals surface area contributed by atoms with Crippen molar-refractivity contribution in [1.29, 1.82) is 5.26 Å².